The number of carbonyl (C=O) groups is 1. The van der Waals surface area contributed by atoms with Crippen molar-refractivity contribution in [3.63, 3.8) is 0 Å². The third-order valence-electron chi connectivity index (χ3n) is 5.64. The number of hydrogen-bond acceptors (Lipinski definition) is 7. The van der Waals surface area contributed by atoms with Crippen molar-refractivity contribution in [2.75, 3.05) is 52.6 Å². The molecule has 0 aliphatic rings. The molecule has 0 saturated carbocycles. The lowest BCUT2D eigenvalue weighted by Gasteiger charge is -2.13. The molecule has 0 fully saturated rings. The highest BCUT2D eigenvalue weighted by molar-refractivity contribution is 6.08. The lowest BCUT2D eigenvalue weighted by molar-refractivity contribution is 0.102. The normalized spacial score (nSPS) is 10.5. The van der Waals surface area contributed by atoms with Crippen molar-refractivity contribution >= 4 is 17.3 Å². The van der Waals surface area contributed by atoms with Crippen LogP contribution in [0.2, 0.25) is 0 Å². The second kappa shape index (κ2) is 12.5. The van der Waals surface area contributed by atoms with Crippen LogP contribution >= 0.6 is 0 Å². The minimum atomic E-state index is -0.312. The molecule has 3 aromatic rings. The minimum Gasteiger partial charge on any atom is -0.493 e. The monoisotopic (exact) mass is 479 g/mol. The maximum atomic E-state index is 12.7. The molecule has 1 amide bonds. The zero-order valence-electron chi connectivity index (χ0n) is 20.6. The summed E-state index contributed by atoms with van der Waals surface area (Å²) in [6.45, 7) is 1.71. The van der Waals surface area contributed by atoms with Crippen LogP contribution < -0.4 is 35.3 Å². The van der Waals surface area contributed by atoms with Gasteiger partial charge in [0.15, 0.2) is 23.0 Å². The molecule has 4 N–H and O–H groups in total. The highest BCUT2D eigenvalue weighted by Crippen LogP contribution is 2.32. The van der Waals surface area contributed by atoms with Crippen molar-refractivity contribution in [3.05, 3.63) is 71.3 Å². The number of carbonyl (C=O) groups excluding carboxylic acids is 1. The maximum absolute atomic E-state index is 12.7. The summed E-state index contributed by atoms with van der Waals surface area (Å²) in [5.74, 6) is 2.08. The molecule has 3 rings (SSSR count). The Kier molecular flexibility index (Phi) is 9.20. The lowest BCUT2D eigenvalue weighted by Crippen LogP contribution is -2.20. The van der Waals surface area contributed by atoms with E-state index in [4.69, 9.17) is 24.7 Å². The van der Waals surface area contributed by atoms with Gasteiger partial charge in [-0.3, -0.25) is 4.79 Å². The van der Waals surface area contributed by atoms with Gasteiger partial charge in [0.25, 0.3) is 5.91 Å². The average molecular weight is 480 g/mol. The number of nitrogen functional groups attached to an aromatic ring is 1. The van der Waals surface area contributed by atoms with Crippen LogP contribution in [0.25, 0.3) is 0 Å². The number of hydrogen-bond donors (Lipinski definition) is 3. The fourth-order valence-electron chi connectivity index (χ4n) is 3.67. The Bertz CT molecular complexity index is 1130. The predicted octanol–water partition coefficient (Wildman–Crippen LogP) is 3.93. The molecule has 186 valence electrons. The Hall–Kier alpha value is -3.91. The highest BCUT2D eigenvalue weighted by Gasteiger charge is 2.15. The second-order valence-corrected chi connectivity index (χ2v) is 7.88. The lowest BCUT2D eigenvalue weighted by atomic mass is 10.1. The number of amides is 1. The van der Waals surface area contributed by atoms with Crippen molar-refractivity contribution in [1.82, 2.24) is 5.32 Å². The first kappa shape index (κ1) is 25.7. The molecule has 0 atom stereocenters. The Labute approximate surface area is 206 Å². The molecule has 0 aromatic heterocycles. The first-order valence-electron chi connectivity index (χ1n) is 11.3. The summed E-state index contributed by atoms with van der Waals surface area (Å²) in [6.07, 6.45) is 1.77. The summed E-state index contributed by atoms with van der Waals surface area (Å²) in [5, 5.41) is 6.34. The van der Waals surface area contributed by atoms with Gasteiger partial charge in [-0.15, -0.1) is 0 Å². The standard InChI is InChI=1S/C27H33N3O5/c1-32-23-10-7-19(15-24(23)33-2)12-14-29-13-11-18-5-8-20(9-6-18)30-27(31)21-16-25(34-3)26(35-4)17-22(21)28/h5-10,15-17,29H,11-14,28H2,1-4H3,(H,30,31). The number of nitrogens with two attached hydrogens (primary N) is 1. The molecule has 35 heavy (non-hydrogen) atoms. The van der Waals surface area contributed by atoms with Gasteiger partial charge < -0.3 is 35.3 Å². The molecule has 0 aliphatic heterocycles. The number of anilines is 2. The van der Waals surface area contributed by atoms with Crippen LogP contribution in [0.1, 0.15) is 21.5 Å². The van der Waals surface area contributed by atoms with E-state index in [0.29, 0.717) is 28.4 Å². The summed E-state index contributed by atoms with van der Waals surface area (Å²) in [5.41, 5.74) is 9.72. The van der Waals surface area contributed by atoms with Gasteiger partial charge in [0.05, 0.1) is 34.0 Å². The minimum absolute atomic E-state index is 0.312. The van der Waals surface area contributed by atoms with E-state index >= 15 is 0 Å². The quantitative estimate of drug-likeness (QED) is 0.267. The summed E-state index contributed by atoms with van der Waals surface area (Å²) < 4.78 is 21.1. The number of benzene rings is 3. The summed E-state index contributed by atoms with van der Waals surface area (Å²) in [7, 11) is 6.31. The van der Waals surface area contributed by atoms with E-state index in [-0.39, 0.29) is 5.91 Å². The van der Waals surface area contributed by atoms with Crippen LogP contribution in [0.15, 0.2) is 54.6 Å². The van der Waals surface area contributed by atoms with E-state index in [2.05, 4.69) is 10.6 Å². The molecule has 0 spiro atoms. The molecular weight excluding hydrogens is 446 g/mol. The molecule has 8 heteroatoms. The van der Waals surface area contributed by atoms with E-state index in [1.54, 1.807) is 26.4 Å². The third kappa shape index (κ3) is 6.80. The number of methoxy groups -OCH3 is 4. The van der Waals surface area contributed by atoms with Gasteiger partial charge in [-0.1, -0.05) is 18.2 Å². The Balaban J connectivity index is 1.47. The van der Waals surface area contributed by atoms with Gasteiger partial charge >= 0.3 is 0 Å². The molecule has 0 unspecified atom stereocenters. The van der Waals surface area contributed by atoms with Gasteiger partial charge in [0.2, 0.25) is 0 Å². The fraction of sp³-hybridized carbons (Fsp3) is 0.296. The van der Waals surface area contributed by atoms with E-state index in [9.17, 15) is 4.79 Å². The Morgan fingerprint density at radius 3 is 1.89 bits per heavy atom. The zero-order valence-corrected chi connectivity index (χ0v) is 20.6. The smallest absolute Gasteiger partial charge is 0.257 e. The van der Waals surface area contributed by atoms with Gasteiger partial charge in [-0.05, 0) is 67.4 Å². The molecule has 0 heterocycles. The second-order valence-electron chi connectivity index (χ2n) is 7.88. The number of nitrogens with one attached hydrogen (secondary N) is 2. The maximum Gasteiger partial charge on any atom is 0.257 e. The predicted molar refractivity (Wildman–Crippen MR) is 138 cm³/mol. The van der Waals surface area contributed by atoms with Crippen LogP contribution in [0.4, 0.5) is 11.4 Å². The first-order valence-corrected chi connectivity index (χ1v) is 11.3. The van der Waals surface area contributed by atoms with Crippen molar-refractivity contribution < 1.29 is 23.7 Å². The number of ether oxygens (including phenoxy) is 4. The molecule has 3 aromatic carbocycles. The fourth-order valence-corrected chi connectivity index (χ4v) is 3.67. The summed E-state index contributed by atoms with van der Waals surface area (Å²) >= 11 is 0. The van der Waals surface area contributed by atoms with Gasteiger partial charge in [-0.25, -0.2) is 0 Å². The van der Waals surface area contributed by atoms with E-state index < -0.39 is 0 Å². The molecule has 0 aliphatic carbocycles. The summed E-state index contributed by atoms with van der Waals surface area (Å²) in [6, 6.07) is 16.9. The third-order valence-corrected chi connectivity index (χ3v) is 5.64. The van der Waals surface area contributed by atoms with Crippen molar-refractivity contribution in [2.24, 2.45) is 0 Å². The van der Waals surface area contributed by atoms with Crippen LogP contribution in [-0.4, -0.2) is 47.4 Å². The zero-order chi connectivity index (χ0) is 25.2. The van der Waals surface area contributed by atoms with E-state index in [0.717, 1.165) is 37.4 Å². The highest BCUT2D eigenvalue weighted by atomic mass is 16.5. The first-order chi connectivity index (χ1) is 17.0. The van der Waals surface area contributed by atoms with Crippen LogP contribution in [0.5, 0.6) is 23.0 Å². The van der Waals surface area contributed by atoms with Crippen LogP contribution in [-0.2, 0) is 12.8 Å². The summed E-state index contributed by atoms with van der Waals surface area (Å²) in [4.78, 5) is 12.7. The molecule has 8 nitrogen and oxygen atoms in total. The molecule has 0 bridgehead atoms. The van der Waals surface area contributed by atoms with Crippen molar-refractivity contribution in [2.45, 2.75) is 12.8 Å². The van der Waals surface area contributed by atoms with Gasteiger partial charge in [0, 0.05) is 17.4 Å². The molecule has 0 saturated heterocycles. The van der Waals surface area contributed by atoms with Gasteiger partial charge in [-0.2, -0.15) is 0 Å². The number of rotatable bonds is 12. The Morgan fingerprint density at radius 2 is 1.26 bits per heavy atom. The van der Waals surface area contributed by atoms with Crippen LogP contribution in [0.3, 0.4) is 0 Å². The van der Waals surface area contributed by atoms with E-state index in [1.807, 2.05) is 42.5 Å². The Morgan fingerprint density at radius 1 is 0.714 bits per heavy atom. The van der Waals surface area contributed by atoms with Crippen LogP contribution in [0, 0.1) is 0 Å². The topological polar surface area (TPSA) is 104 Å². The molecular formula is C27H33N3O5. The van der Waals surface area contributed by atoms with Crippen molar-refractivity contribution in [1.29, 1.82) is 0 Å². The van der Waals surface area contributed by atoms with E-state index in [1.165, 1.54) is 25.3 Å². The SMILES string of the molecule is COc1ccc(CCNCCc2ccc(NC(=O)c3cc(OC)c(OC)cc3N)cc2)cc1OC. The molecule has 0 radical (unpaired) electrons. The average Bonchev–Trinajstić information content (AvgIpc) is 2.88. The van der Waals surface area contributed by atoms with Crippen molar-refractivity contribution in [3.8, 4) is 23.0 Å². The largest absolute Gasteiger partial charge is 0.493 e. The van der Waals surface area contributed by atoms with Gasteiger partial charge in [0.1, 0.15) is 0 Å².